The van der Waals surface area contributed by atoms with E-state index in [4.69, 9.17) is 0 Å². The van der Waals surface area contributed by atoms with Crippen LogP contribution in [0.3, 0.4) is 0 Å². The van der Waals surface area contributed by atoms with Crippen LogP contribution >= 0.6 is 0 Å². The van der Waals surface area contributed by atoms with Gasteiger partial charge < -0.3 is 4.98 Å². The number of pyridine rings is 1. The quantitative estimate of drug-likeness (QED) is 0.671. The number of carbonyl (C=O) groups is 1. The van der Waals surface area contributed by atoms with Gasteiger partial charge in [0.15, 0.2) is 5.78 Å². The number of hydrogen-bond acceptors (Lipinski definition) is 2. The molecule has 0 amide bonds. The van der Waals surface area contributed by atoms with Crippen molar-refractivity contribution in [3.63, 3.8) is 0 Å². The Labute approximate surface area is 70.4 Å². The van der Waals surface area contributed by atoms with Gasteiger partial charge in [0.2, 0.25) is 0 Å². The Morgan fingerprint density at radius 1 is 1.58 bits per heavy atom. The van der Waals surface area contributed by atoms with Gasteiger partial charge in [-0.2, -0.15) is 0 Å². The van der Waals surface area contributed by atoms with E-state index in [9.17, 15) is 9.59 Å². The lowest BCUT2D eigenvalue weighted by Gasteiger charge is -1.97. The second kappa shape index (κ2) is 3.34. The molecule has 1 aromatic heterocycles. The third-order valence-electron chi connectivity index (χ3n) is 1.73. The van der Waals surface area contributed by atoms with Crippen LogP contribution in [0.1, 0.15) is 29.3 Å². The van der Waals surface area contributed by atoms with Crippen molar-refractivity contribution in [1.82, 2.24) is 4.98 Å². The molecule has 0 aliphatic heterocycles. The van der Waals surface area contributed by atoms with E-state index in [1.807, 2.05) is 0 Å². The minimum atomic E-state index is -0.136. The van der Waals surface area contributed by atoms with E-state index >= 15 is 0 Å². The number of Topliss-reactive ketones (excluding diaryl/α,β-unsaturated/α-hetero) is 1. The van der Waals surface area contributed by atoms with Gasteiger partial charge in [-0.1, -0.05) is 6.92 Å². The summed E-state index contributed by atoms with van der Waals surface area (Å²) < 4.78 is 0. The summed E-state index contributed by atoms with van der Waals surface area (Å²) in [6.07, 6.45) is 1.92. The van der Waals surface area contributed by atoms with E-state index in [0.29, 0.717) is 17.5 Å². The van der Waals surface area contributed by atoms with Crippen molar-refractivity contribution in [2.75, 3.05) is 0 Å². The maximum absolute atomic E-state index is 11.2. The monoisotopic (exact) mass is 165 g/mol. The maximum atomic E-state index is 11.2. The fourth-order valence-corrected chi connectivity index (χ4v) is 0.963. The first-order valence-electron chi connectivity index (χ1n) is 3.87. The largest absolute Gasteiger partial charge is 0.328 e. The van der Waals surface area contributed by atoms with Gasteiger partial charge in [0.25, 0.3) is 5.56 Å². The van der Waals surface area contributed by atoms with Crippen molar-refractivity contribution < 1.29 is 4.79 Å². The van der Waals surface area contributed by atoms with Gasteiger partial charge in [0.1, 0.15) is 0 Å². The summed E-state index contributed by atoms with van der Waals surface area (Å²) in [6.45, 7) is 3.48. The van der Waals surface area contributed by atoms with Crippen LogP contribution in [-0.2, 0) is 0 Å². The van der Waals surface area contributed by atoms with E-state index in [0.717, 1.165) is 0 Å². The summed E-state index contributed by atoms with van der Waals surface area (Å²) in [5.74, 6) is 0.0503. The average Bonchev–Trinajstić information content (AvgIpc) is 2.08. The van der Waals surface area contributed by atoms with Crippen LogP contribution in [0, 0.1) is 6.92 Å². The first-order chi connectivity index (χ1) is 5.65. The Hall–Kier alpha value is -1.38. The molecule has 0 aliphatic carbocycles. The van der Waals surface area contributed by atoms with Gasteiger partial charge in [-0.3, -0.25) is 9.59 Å². The van der Waals surface area contributed by atoms with E-state index in [-0.39, 0.29) is 11.3 Å². The highest BCUT2D eigenvalue weighted by Crippen LogP contribution is 2.00. The Kier molecular flexibility index (Phi) is 2.43. The second-order valence-electron chi connectivity index (χ2n) is 2.68. The standard InChI is InChI=1S/C9H11NO2/c1-3-8(11)7-4-6(2)9(12)10-5-7/h4-5H,3H2,1-2H3,(H,10,12). The van der Waals surface area contributed by atoms with Gasteiger partial charge in [0.05, 0.1) is 0 Å². The predicted octanol–water partition coefficient (Wildman–Crippen LogP) is 1.28. The number of H-pyrrole nitrogens is 1. The van der Waals surface area contributed by atoms with Crippen LogP contribution in [0.15, 0.2) is 17.1 Å². The molecule has 1 aromatic rings. The van der Waals surface area contributed by atoms with Crippen molar-refractivity contribution >= 4 is 5.78 Å². The van der Waals surface area contributed by atoms with E-state index in [2.05, 4.69) is 4.98 Å². The van der Waals surface area contributed by atoms with Crippen LogP contribution in [0.5, 0.6) is 0 Å². The van der Waals surface area contributed by atoms with Crippen molar-refractivity contribution in [2.45, 2.75) is 20.3 Å². The molecule has 1 heterocycles. The lowest BCUT2D eigenvalue weighted by atomic mass is 10.1. The molecule has 64 valence electrons. The molecule has 0 bridgehead atoms. The lowest BCUT2D eigenvalue weighted by molar-refractivity contribution is 0.0987. The highest BCUT2D eigenvalue weighted by Gasteiger charge is 2.03. The Morgan fingerprint density at radius 2 is 2.25 bits per heavy atom. The minimum absolute atomic E-state index is 0.0503. The normalized spacial score (nSPS) is 9.83. The van der Waals surface area contributed by atoms with Gasteiger partial charge in [-0.05, 0) is 13.0 Å². The van der Waals surface area contributed by atoms with Crippen molar-refractivity contribution in [1.29, 1.82) is 0 Å². The minimum Gasteiger partial charge on any atom is -0.328 e. The molecule has 3 heteroatoms. The molecule has 0 saturated heterocycles. The van der Waals surface area contributed by atoms with Crippen LogP contribution in [-0.4, -0.2) is 10.8 Å². The molecule has 0 fully saturated rings. The summed E-state index contributed by atoms with van der Waals surface area (Å²) >= 11 is 0. The van der Waals surface area contributed by atoms with Crippen LogP contribution in [0.25, 0.3) is 0 Å². The van der Waals surface area contributed by atoms with Gasteiger partial charge >= 0.3 is 0 Å². The molecule has 12 heavy (non-hydrogen) atoms. The number of rotatable bonds is 2. The molecule has 0 radical (unpaired) electrons. The number of aromatic nitrogens is 1. The molecule has 0 spiro atoms. The molecule has 0 aliphatic rings. The SMILES string of the molecule is CCC(=O)c1c[nH]c(=O)c(C)c1. The Bertz CT molecular complexity index is 352. The van der Waals surface area contributed by atoms with Crippen LogP contribution in [0.2, 0.25) is 0 Å². The summed E-state index contributed by atoms with van der Waals surface area (Å²) in [5, 5.41) is 0. The second-order valence-corrected chi connectivity index (χ2v) is 2.68. The molecule has 3 nitrogen and oxygen atoms in total. The number of ketones is 1. The predicted molar refractivity (Wildman–Crippen MR) is 46.4 cm³/mol. The number of carbonyl (C=O) groups excluding carboxylic acids is 1. The zero-order valence-corrected chi connectivity index (χ0v) is 7.18. The first-order valence-corrected chi connectivity index (χ1v) is 3.87. The van der Waals surface area contributed by atoms with Gasteiger partial charge in [-0.15, -0.1) is 0 Å². The highest BCUT2D eigenvalue weighted by atomic mass is 16.1. The lowest BCUT2D eigenvalue weighted by Crippen LogP contribution is -2.11. The smallest absolute Gasteiger partial charge is 0.250 e. The maximum Gasteiger partial charge on any atom is 0.250 e. The third kappa shape index (κ3) is 1.61. The molecule has 1 N–H and O–H groups in total. The van der Waals surface area contributed by atoms with Crippen molar-refractivity contribution in [3.05, 3.63) is 33.7 Å². The molecule has 1 rings (SSSR count). The molecule has 0 aromatic carbocycles. The molecular weight excluding hydrogens is 154 g/mol. The number of aryl methyl sites for hydroxylation is 1. The molecule has 0 unspecified atom stereocenters. The fraction of sp³-hybridized carbons (Fsp3) is 0.333. The summed E-state index contributed by atoms with van der Waals surface area (Å²) in [7, 11) is 0. The Balaban J connectivity index is 3.13. The van der Waals surface area contributed by atoms with Crippen molar-refractivity contribution in [3.8, 4) is 0 Å². The molecule has 0 saturated carbocycles. The zero-order chi connectivity index (χ0) is 9.14. The molecular formula is C9H11NO2. The number of aromatic amines is 1. The van der Waals surface area contributed by atoms with E-state index < -0.39 is 0 Å². The third-order valence-corrected chi connectivity index (χ3v) is 1.73. The number of hydrogen-bond donors (Lipinski definition) is 1. The highest BCUT2D eigenvalue weighted by molar-refractivity contribution is 5.95. The summed E-state index contributed by atoms with van der Waals surface area (Å²) in [4.78, 5) is 24.6. The fourth-order valence-electron chi connectivity index (χ4n) is 0.963. The number of nitrogens with one attached hydrogen (secondary N) is 1. The van der Waals surface area contributed by atoms with Gasteiger partial charge in [-0.25, -0.2) is 0 Å². The van der Waals surface area contributed by atoms with E-state index in [1.165, 1.54) is 6.20 Å². The van der Waals surface area contributed by atoms with Crippen molar-refractivity contribution in [2.24, 2.45) is 0 Å². The average molecular weight is 165 g/mol. The van der Waals surface area contributed by atoms with E-state index in [1.54, 1.807) is 19.9 Å². The van der Waals surface area contributed by atoms with Crippen LogP contribution in [0.4, 0.5) is 0 Å². The first kappa shape index (κ1) is 8.71. The van der Waals surface area contributed by atoms with Crippen LogP contribution < -0.4 is 5.56 Å². The van der Waals surface area contributed by atoms with Gasteiger partial charge in [0, 0.05) is 23.7 Å². The zero-order valence-electron chi connectivity index (χ0n) is 7.18. The summed E-state index contributed by atoms with van der Waals surface area (Å²) in [5.41, 5.74) is 1.02. The Morgan fingerprint density at radius 3 is 2.75 bits per heavy atom. The summed E-state index contributed by atoms with van der Waals surface area (Å²) in [6, 6.07) is 1.62. The molecule has 0 atom stereocenters. The topological polar surface area (TPSA) is 49.9 Å².